The number of rotatable bonds is 3. The molecular weight excluding hydrogens is 250 g/mol. The SMILES string of the molecule is CSC(SC)c1c(C)c2ccccc2[nH]c1=O. The quantitative estimate of drug-likeness (QED) is 0.861. The summed E-state index contributed by atoms with van der Waals surface area (Å²) in [6.45, 7) is 2.03. The molecule has 17 heavy (non-hydrogen) atoms. The first-order valence-corrected chi connectivity index (χ1v) is 7.93. The third-order valence-corrected chi connectivity index (χ3v) is 5.37. The van der Waals surface area contributed by atoms with E-state index < -0.39 is 0 Å². The second-order valence-electron chi connectivity index (χ2n) is 3.84. The Hall–Kier alpha value is -0.870. The predicted molar refractivity (Wildman–Crippen MR) is 79.1 cm³/mol. The van der Waals surface area contributed by atoms with E-state index in [1.54, 1.807) is 23.5 Å². The maximum absolute atomic E-state index is 12.1. The maximum atomic E-state index is 12.1. The molecule has 1 aromatic carbocycles. The first kappa shape index (κ1) is 12.6. The number of aromatic amines is 1. The number of hydrogen-bond donors (Lipinski definition) is 1. The van der Waals surface area contributed by atoms with Crippen LogP contribution in [-0.2, 0) is 0 Å². The predicted octanol–water partition coefficient (Wildman–Crippen LogP) is 3.56. The van der Waals surface area contributed by atoms with Crippen LogP contribution in [-0.4, -0.2) is 17.5 Å². The minimum Gasteiger partial charge on any atom is -0.322 e. The molecule has 0 aliphatic carbocycles. The highest BCUT2D eigenvalue weighted by Crippen LogP contribution is 2.37. The molecular formula is C13H15NOS2. The van der Waals surface area contributed by atoms with E-state index in [0.29, 0.717) is 0 Å². The largest absolute Gasteiger partial charge is 0.322 e. The van der Waals surface area contributed by atoms with Crippen molar-refractivity contribution >= 4 is 34.4 Å². The Morgan fingerprint density at radius 1 is 1.18 bits per heavy atom. The molecule has 0 bridgehead atoms. The molecule has 2 nitrogen and oxygen atoms in total. The van der Waals surface area contributed by atoms with Crippen LogP contribution in [0.1, 0.15) is 15.7 Å². The summed E-state index contributed by atoms with van der Waals surface area (Å²) in [5.41, 5.74) is 2.94. The number of pyridine rings is 1. The zero-order chi connectivity index (χ0) is 12.4. The Kier molecular flexibility index (Phi) is 3.84. The molecule has 1 aromatic heterocycles. The van der Waals surface area contributed by atoms with E-state index in [0.717, 1.165) is 22.0 Å². The molecule has 0 aliphatic heterocycles. The Balaban J connectivity index is 2.76. The van der Waals surface area contributed by atoms with Gasteiger partial charge in [-0.3, -0.25) is 4.79 Å². The number of aryl methyl sites for hydroxylation is 1. The van der Waals surface area contributed by atoms with Gasteiger partial charge in [-0.15, -0.1) is 23.5 Å². The zero-order valence-electron chi connectivity index (χ0n) is 10.1. The molecule has 1 heterocycles. The minimum atomic E-state index is 0.0369. The van der Waals surface area contributed by atoms with E-state index >= 15 is 0 Å². The summed E-state index contributed by atoms with van der Waals surface area (Å²) in [7, 11) is 0. The van der Waals surface area contributed by atoms with Crippen LogP contribution in [0.25, 0.3) is 10.9 Å². The second-order valence-corrected chi connectivity index (χ2v) is 6.03. The van der Waals surface area contributed by atoms with Gasteiger partial charge in [0.25, 0.3) is 5.56 Å². The summed E-state index contributed by atoms with van der Waals surface area (Å²) < 4.78 is 0.198. The molecule has 0 radical (unpaired) electrons. The molecule has 4 heteroatoms. The van der Waals surface area contributed by atoms with Gasteiger partial charge in [-0.1, -0.05) is 18.2 Å². The van der Waals surface area contributed by atoms with Crippen molar-refractivity contribution in [3.63, 3.8) is 0 Å². The van der Waals surface area contributed by atoms with Gasteiger partial charge in [-0.05, 0) is 31.1 Å². The Morgan fingerprint density at radius 3 is 2.47 bits per heavy atom. The number of thioether (sulfide) groups is 2. The lowest BCUT2D eigenvalue weighted by molar-refractivity contribution is 1.17. The third-order valence-electron chi connectivity index (χ3n) is 2.89. The van der Waals surface area contributed by atoms with Gasteiger partial charge in [0.05, 0.1) is 4.58 Å². The van der Waals surface area contributed by atoms with Gasteiger partial charge >= 0.3 is 0 Å². The van der Waals surface area contributed by atoms with Crippen molar-refractivity contribution in [3.8, 4) is 0 Å². The molecule has 0 aliphatic rings. The highest BCUT2D eigenvalue weighted by atomic mass is 32.2. The standard InChI is InChI=1S/C13H15NOS2/c1-8-9-6-4-5-7-10(9)14-12(15)11(8)13(16-2)17-3/h4-7,13H,1-3H3,(H,14,15). The summed E-state index contributed by atoms with van der Waals surface area (Å²) in [5.74, 6) is 0. The molecule has 1 N–H and O–H groups in total. The molecule has 0 atom stereocenters. The fraction of sp³-hybridized carbons (Fsp3) is 0.308. The highest BCUT2D eigenvalue weighted by molar-refractivity contribution is 8.15. The van der Waals surface area contributed by atoms with Crippen molar-refractivity contribution in [3.05, 3.63) is 45.7 Å². The molecule has 2 rings (SSSR count). The van der Waals surface area contributed by atoms with Crippen molar-refractivity contribution in [2.24, 2.45) is 0 Å². The fourth-order valence-corrected chi connectivity index (χ4v) is 3.85. The lowest BCUT2D eigenvalue weighted by Gasteiger charge is -2.15. The van der Waals surface area contributed by atoms with Crippen LogP contribution < -0.4 is 5.56 Å². The first-order chi connectivity index (χ1) is 8.19. The van der Waals surface area contributed by atoms with Crippen LogP contribution in [0.15, 0.2) is 29.1 Å². The van der Waals surface area contributed by atoms with Crippen molar-refractivity contribution < 1.29 is 0 Å². The summed E-state index contributed by atoms with van der Waals surface area (Å²) >= 11 is 3.41. The molecule has 0 saturated heterocycles. The molecule has 90 valence electrons. The first-order valence-electron chi connectivity index (χ1n) is 5.36. The highest BCUT2D eigenvalue weighted by Gasteiger charge is 2.17. The molecule has 0 amide bonds. The van der Waals surface area contributed by atoms with Crippen LogP contribution in [0.2, 0.25) is 0 Å². The van der Waals surface area contributed by atoms with Crippen LogP contribution in [0.3, 0.4) is 0 Å². The lowest BCUT2D eigenvalue weighted by Crippen LogP contribution is -2.16. The van der Waals surface area contributed by atoms with E-state index in [-0.39, 0.29) is 10.1 Å². The Morgan fingerprint density at radius 2 is 1.82 bits per heavy atom. The van der Waals surface area contributed by atoms with Gasteiger partial charge < -0.3 is 4.98 Å². The number of para-hydroxylation sites is 1. The topological polar surface area (TPSA) is 32.9 Å². The summed E-state index contributed by atoms with van der Waals surface area (Å²) in [4.78, 5) is 15.1. The van der Waals surface area contributed by atoms with Gasteiger partial charge in [0.15, 0.2) is 0 Å². The van der Waals surface area contributed by atoms with Gasteiger partial charge in [0.1, 0.15) is 0 Å². The monoisotopic (exact) mass is 265 g/mol. The smallest absolute Gasteiger partial charge is 0.253 e. The molecule has 0 fully saturated rings. The fourth-order valence-electron chi connectivity index (χ4n) is 2.04. The number of H-pyrrole nitrogens is 1. The van der Waals surface area contributed by atoms with E-state index in [1.807, 2.05) is 37.6 Å². The second kappa shape index (κ2) is 5.19. The number of benzene rings is 1. The molecule has 2 aromatic rings. The summed E-state index contributed by atoms with van der Waals surface area (Å²) in [6.07, 6.45) is 4.07. The number of nitrogens with one attached hydrogen (secondary N) is 1. The Labute approximate surface area is 109 Å². The third kappa shape index (κ3) is 2.24. The van der Waals surface area contributed by atoms with Crippen LogP contribution in [0.4, 0.5) is 0 Å². The minimum absolute atomic E-state index is 0.0369. The van der Waals surface area contributed by atoms with E-state index in [1.165, 1.54) is 0 Å². The molecule has 0 saturated carbocycles. The van der Waals surface area contributed by atoms with Gasteiger partial charge in [-0.25, -0.2) is 0 Å². The number of hydrogen-bond acceptors (Lipinski definition) is 3. The van der Waals surface area contributed by atoms with Crippen molar-refractivity contribution in [1.29, 1.82) is 0 Å². The van der Waals surface area contributed by atoms with E-state index in [9.17, 15) is 4.79 Å². The zero-order valence-corrected chi connectivity index (χ0v) is 11.7. The average molecular weight is 265 g/mol. The van der Waals surface area contributed by atoms with Crippen LogP contribution in [0, 0.1) is 6.92 Å². The van der Waals surface area contributed by atoms with Crippen molar-refractivity contribution in [2.45, 2.75) is 11.5 Å². The average Bonchev–Trinajstić information content (AvgIpc) is 2.34. The van der Waals surface area contributed by atoms with Gasteiger partial charge in [0.2, 0.25) is 0 Å². The van der Waals surface area contributed by atoms with Crippen molar-refractivity contribution in [1.82, 2.24) is 4.98 Å². The van der Waals surface area contributed by atoms with E-state index in [4.69, 9.17) is 0 Å². The Bertz CT molecular complexity index is 587. The molecule has 0 spiro atoms. The number of aromatic nitrogens is 1. The summed E-state index contributed by atoms with van der Waals surface area (Å²) in [5, 5.41) is 1.13. The van der Waals surface area contributed by atoms with E-state index in [2.05, 4.69) is 11.1 Å². The van der Waals surface area contributed by atoms with Crippen LogP contribution in [0.5, 0.6) is 0 Å². The molecule has 0 unspecified atom stereocenters. The van der Waals surface area contributed by atoms with Gasteiger partial charge in [0, 0.05) is 16.5 Å². The van der Waals surface area contributed by atoms with Crippen LogP contribution >= 0.6 is 23.5 Å². The van der Waals surface area contributed by atoms with Gasteiger partial charge in [-0.2, -0.15) is 0 Å². The van der Waals surface area contributed by atoms with Crippen molar-refractivity contribution in [2.75, 3.05) is 12.5 Å². The summed E-state index contributed by atoms with van der Waals surface area (Å²) in [6, 6.07) is 7.95. The maximum Gasteiger partial charge on any atom is 0.253 e. The normalized spacial score (nSPS) is 11.3. The lowest BCUT2D eigenvalue weighted by atomic mass is 10.1. The number of fused-ring (bicyclic) bond motifs is 1.